The van der Waals surface area contributed by atoms with Gasteiger partial charge in [0.15, 0.2) is 0 Å². The summed E-state index contributed by atoms with van der Waals surface area (Å²) in [6, 6.07) is 7.05. The van der Waals surface area contributed by atoms with Crippen molar-refractivity contribution < 1.29 is 24.6 Å². The van der Waals surface area contributed by atoms with E-state index in [4.69, 9.17) is 5.11 Å². The van der Waals surface area contributed by atoms with Gasteiger partial charge in [0.2, 0.25) is 11.8 Å². The van der Waals surface area contributed by atoms with E-state index in [1.165, 1.54) is 16.2 Å². The molecule has 7 atom stereocenters. The molecule has 4 aliphatic rings. The molecule has 10 heteroatoms. The Balaban J connectivity index is 1.37. The van der Waals surface area contributed by atoms with Crippen LogP contribution >= 0.6 is 23.1 Å². The van der Waals surface area contributed by atoms with Gasteiger partial charge in [-0.2, -0.15) is 0 Å². The number of hydrogen-bond acceptors (Lipinski definition) is 7. The number of likely N-dealkylation sites (tertiary alicyclic amines) is 1. The highest BCUT2D eigenvalue weighted by Crippen LogP contribution is 2.68. The third-order valence-electron chi connectivity index (χ3n) is 7.84. The van der Waals surface area contributed by atoms with Gasteiger partial charge in [0.1, 0.15) is 5.75 Å². The lowest BCUT2D eigenvalue weighted by atomic mass is 9.68. The minimum absolute atomic E-state index is 0.0302. The number of aromatic amines is 1. The fourth-order valence-corrected chi connectivity index (χ4v) is 9.63. The first-order valence-corrected chi connectivity index (χ1v) is 12.8. The Kier molecular flexibility index (Phi) is 4.74. The van der Waals surface area contributed by atoms with Crippen LogP contribution in [0.4, 0.5) is 0 Å². The van der Waals surface area contributed by atoms with Gasteiger partial charge >= 0.3 is 10.8 Å². The first-order chi connectivity index (χ1) is 15.8. The standard InChI is InChI=1S/C23H22N2O6S2/c26-10-5-3-9(4-6-10)14-15-11-8-12(18(15)32-20-19(14)33-23(31)24-20)17-16(11)21(29)25(22(17)30)7-1-2-13(27)28/h3-6,11-12,14-18,26H,1-2,7-8H2,(H,24,31)(H,27,28)/t11-,12-,14-,15+,16+,17-,18-/m1/s1. The number of imide groups is 1. The molecule has 1 aromatic carbocycles. The zero-order valence-electron chi connectivity index (χ0n) is 17.5. The molecule has 2 bridgehead atoms. The van der Waals surface area contributed by atoms with E-state index in [1.807, 2.05) is 12.1 Å². The third-order valence-corrected chi connectivity index (χ3v) is 10.4. The first-order valence-electron chi connectivity index (χ1n) is 11.1. The van der Waals surface area contributed by atoms with Crippen LogP contribution < -0.4 is 4.87 Å². The molecular weight excluding hydrogens is 464 g/mol. The second-order valence-electron chi connectivity index (χ2n) is 9.38. The second-order valence-corrected chi connectivity index (χ2v) is 11.6. The smallest absolute Gasteiger partial charge is 0.305 e. The van der Waals surface area contributed by atoms with Gasteiger partial charge in [-0.15, -0.1) is 11.8 Å². The summed E-state index contributed by atoms with van der Waals surface area (Å²) < 4.78 is 0. The Hall–Kier alpha value is -2.59. The number of aromatic hydroxyl groups is 1. The molecule has 8 nitrogen and oxygen atoms in total. The van der Waals surface area contributed by atoms with Gasteiger partial charge in [-0.3, -0.25) is 24.1 Å². The van der Waals surface area contributed by atoms with Crippen LogP contribution in [-0.4, -0.2) is 49.7 Å². The molecule has 2 saturated carbocycles. The highest BCUT2D eigenvalue weighted by molar-refractivity contribution is 8.00. The number of thiazole rings is 1. The van der Waals surface area contributed by atoms with Gasteiger partial charge < -0.3 is 15.2 Å². The number of aliphatic carboxylic acids is 1. The SMILES string of the molecule is O=C(O)CCCN1C(=O)[C@@H]2[C@H]3C[C@@H]([C@@H]2C1=O)[C@H]1[C@@H](c2ccc(O)cc2)c2sc(=O)[nH]c2S[C@H]31. The molecule has 0 radical (unpaired) electrons. The Morgan fingerprint density at radius 2 is 1.79 bits per heavy atom. The Labute approximate surface area is 197 Å². The monoisotopic (exact) mass is 486 g/mol. The van der Waals surface area contributed by atoms with Crippen molar-refractivity contribution in [1.82, 2.24) is 9.88 Å². The Morgan fingerprint density at radius 1 is 1.09 bits per heavy atom. The highest BCUT2D eigenvalue weighted by Gasteiger charge is 2.69. The number of carbonyl (C=O) groups is 3. The lowest BCUT2D eigenvalue weighted by molar-refractivity contribution is -0.142. The van der Waals surface area contributed by atoms with Gasteiger partial charge in [0.05, 0.1) is 16.9 Å². The molecule has 172 valence electrons. The van der Waals surface area contributed by atoms with Crippen LogP contribution in [0.3, 0.4) is 0 Å². The maximum atomic E-state index is 13.3. The minimum atomic E-state index is -0.936. The topological polar surface area (TPSA) is 128 Å². The van der Waals surface area contributed by atoms with Crippen molar-refractivity contribution in [3.63, 3.8) is 0 Å². The van der Waals surface area contributed by atoms with Crippen molar-refractivity contribution in [3.05, 3.63) is 44.4 Å². The molecular formula is C23H22N2O6S2. The predicted octanol–water partition coefficient (Wildman–Crippen LogP) is 2.48. The summed E-state index contributed by atoms with van der Waals surface area (Å²) in [7, 11) is 0. The van der Waals surface area contributed by atoms with Gasteiger partial charge in [0, 0.05) is 29.0 Å². The van der Waals surface area contributed by atoms with E-state index in [9.17, 15) is 24.3 Å². The lowest BCUT2D eigenvalue weighted by Crippen LogP contribution is -2.42. The average Bonchev–Trinajstić information content (AvgIpc) is 3.49. The number of carboxylic acid groups (broad SMARTS) is 1. The fraction of sp³-hybridized carbons (Fsp3) is 0.478. The van der Waals surface area contributed by atoms with Crippen LogP contribution in [0.2, 0.25) is 0 Å². The minimum Gasteiger partial charge on any atom is -0.508 e. The molecule has 3 fully saturated rings. The van der Waals surface area contributed by atoms with Crippen LogP contribution in [0, 0.1) is 29.6 Å². The normalized spacial score (nSPS) is 33.8. The zero-order chi connectivity index (χ0) is 23.0. The number of phenols is 1. The number of aromatic nitrogens is 1. The number of amides is 2. The number of thioether (sulfide) groups is 1. The molecule has 3 heterocycles. The lowest BCUT2D eigenvalue weighted by Gasteiger charge is -2.43. The van der Waals surface area contributed by atoms with Crippen LogP contribution in [0.1, 0.15) is 35.6 Å². The fourth-order valence-electron chi connectivity index (χ4n) is 6.74. The molecule has 1 aromatic heterocycles. The van der Waals surface area contributed by atoms with E-state index in [0.29, 0.717) is 0 Å². The van der Waals surface area contributed by atoms with Crippen molar-refractivity contribution in [2.75, 3.05) is 6.54 Å². The van der Waals surface area contributed by atoms with Crippen LogP contribution in [0.15, 0.2) is 34.1 Å². The Bertz CT molecular complexity index is 1220. The van der Waals surface area contributed by atoms with Crippen molar-refractivity contribution in [3.8, 4) is 5.75 Å². The number of nitrogens with one attached hydrogen (secondary N) is 1. The average molecular weight is 487 g/mol. The molecule has 2 aromatic rings. The number of rotatable bonds is 5. The molecule has 33 heavy (non-hydrogen) atoms. The maximum absolute atomic E-state index is 13.3. The highest BCUT2D eigenvalue weighted by atomic mass is 32.2. The van der Waals surface area contributed by atoms with E-state index >= 15 is 0 Å². The molecule has 3 N–H and O–H groups in total. The van der Waals surface area contributed by atoms with E-state index in [-0.39, 0.29) is 82.6 Å². The molecule has 2 amide bonds. The van der Waals surface area contributed by atoms with Crippen LogP contribution in [0.5, 0.6) is 5.75 Å². The number of fused-ring (bicyclic) bond motifs is 9. The van der Waals surface area contributed by atoms with E-state index in [0.717, 1.165) is 21.9 Å². The molecule has 2 aliphatic carbocycles. The number of nitrogens with zero attached hydrogens (tertiary/aromatic N) is 1. The number of hydrogen-bond donors (Lipinski definition) is 3. The summed E-state index contributed by atoms with van der Waals surface area (Å²) in [5.41, 5.74) is 0.999. The molecule has 0 spiro atoms. The van der Waals surface area contributed by atoms with Crippen molar-refractivity contribution in [2.24, 2.45) is 29.6 Å². The van der Waals surface area contributed by atoms with Crippen molar-refractivity contribution in [2.45, 2.75) is 35.5 Å². The molecule has 0 unspecified atom stereocenters. The molecule has 6 rings (SSSR count). The Morgan fingerprint density at radius 3 is 2.48 bits per heavy atom. The van der Waals surface area contributed by atoms with Gasteiger partial charge in [-0.1, -0.05) is 23.5 Å². The summed E-state index contributed by atoms with van der Waals surface area (Å²) in [5.74, 6) is -1.69. The van der Waals surface area contributed by atoms with E-state index in [2.05, 4.69) is 4.98 Å². The van der Waals surface area contributed by atoms with Gasteiger partial charge in [-0.05, 0) is 48.3 Å². The predicted molar refractivity (Wildman–Crippen MR) is 120 cm³/mol. The molecule has 1 saturated heterocycles. The second kappa shape index (κ2) is 7.46. The quantitative estimate of drug-likeness (QED) is 0.554. The van der Waals surface area contributed by atoms with E-state index in [1.54, 1.807) is 23.9 Å². The zero-order valence-corrected chi connectivity index (χ0v) is 19.1. The van der Waals surface area contributed by atoms with Gasteiger partial charge in [-0.25, -0.2) is 0 Å². The van der Waals surface area contributed by atoms with Gasteiger partial charge in [0.25, 0.3) is 0 Å². The van der Waals surface area contributed by atoms with Crippen LogP contribution in [-0.2, 0) is 14.4 Å². The number of carbonyl (C=O) groups excluding carboxylic acids is 2. The van der Waals surface area contributed by atoms with Crippen LogP contribution in [0.25, 0.3) is 0 Å². The summed E-state index contributed by atoms with van der Waals surface area (Å²) in [6.07, 6.45) is 1.00. The summed E-state index contributed by atoms with van der Waals surface area (Å²) in [5, 5.41) is 19.7. The number of phenolic OH excluding ortho intramolecular Hbond substituents is 1. The number of benzene rings is 1. The molecule has 2 aliphatic heterocycles. The van der Waals surface area contributed by atoms with Crippen molar-refractivity contribution >= 4 is 40.9 Å². The van der Waals surface area contributed by atoms with E-state index < -0.39 is 5.97 Å². The third kappa shape index (κ3) is 3.03. The summed E-state index contributed by atoms with van der Waals surface area (Å²) in [6.45, 7) is 0.154. The number of carboxylic acids is 1. The number of H-pyrrole nitrogens is 1. The maximum Gasteiger partial charge on any atom is 0.305 e. The van der Waals surface area contributed by atoms with Crippen molar-refractivity contribution in [1.29, 1.82) is 0 Å². The summed E-state index contributed by atoms with van der Waals surface area (Å²) >= 11 is 2.84. The summed E-state index contributed by atoms with van der Waals surface area (Å²) in [4.78, 5) is 54.8. The largest absolute Gasteiger partial charge is 0.508 e. The first kappa shape index (κ1) is 21.0.